The van der Waals surface area contributed by atoms with Crippen molar-refractivity contribution in [3.05, 3.63) is 140 Å². The molecule has 3 heteroatoms. The monoisotopic (exact) mass is 492 g/mol. The Labute approximate surface area is 220 Å². The molecule has 0 aliphatic rings. The van der Waals surface area contributed by atoms with Gasteiger partial charge in [0.2, 0.25) is 0 Å². The molecule has 6 aromatic carbocycles. The van der Waals surface area contributed by atoms with Gasteiger partial charge in [-0.05, 0) is 77.5 Å². The van der Waals surface area contributed by atoms with Gasteiger partial charge in [0.1, 0.15) is 0 Å². The Morgan fingerprint density at radius 3 is 2.05 bits per heavy atom. The zero-order valence-electron chi connectivity index (χ0n) is 20.1. The summed E-state index contributed by atoms with van der Waals surface area (Å²) in [5.74, 6) is 0. The van der Waals surface area contributed by atoms with Crippen LogP contribution in [0.25, 0.3) is 30.9 Å². The minimum atomic E-state index is 1.05. The largest absolute Gasteiger partial charge is 0.355 e. The van der Waals surface area contributed by atoms with E-state index in [2.05, 4.69) is 150 Å². The first-order valence-corrected chi connectivity index (χ1v) is 13.3. The standard InChI is InChI=1S/C34H24N2S/c1-2-12-28(13-3-1)36(30-19-17-24-9-4-5-10-25(24)21-30)29-14-8-11-26(22-29)35-27-18-20-34-32(23-27)31-15-6-7-16-33(31)37-34/h1-23,35H. The summed E-state index contributed by atoms with van der Waals surface area (Å²) in [7, 11) is 0. The van der Waals surface area contributed by atoms with Crippen molar-refractivity contribution < 1.29 is 0 Å². The molecular formula is C34H24N2S. The summed E-state index contributed by atoms with van der Waals surface area (Å²) in [5, 5.41) is 8.73. The highest BCUT2D eigenvalue weighted by Gasteiger charge is 2.14. The summed E-state index contributed by atoms with van der Waals surface area (Å²) in [5.41, 5.74) is 5.51. The zero-order valence-corrected chi connectivity index (χ0v) is 21.0. The number of hydrogen-bond acceptors (Lipinski definition) is 3. The van der Waals surface area contributed by atoms with Gasteiger partial charge in [0.05, 0.1) is 0 Å². The quantitative estimate of drug-likeness (QED) is 0.257. The maximum Gasteiger partial charge on any atom is 0.0482 e. The Kier molecular flexibility index (Phi) is 5.34. The van der Waals surface area contributed by atoms with Gasteiger partial charge in [0.25, 0.3) is 0 Å². The molecule has 1 N–H and O–H groups in total. The van der Waals surface area contributed by atoms with Crippen LogP contribution in [0.15, 0.2) is 140 Å². The average Bonchev–Trinajstić information content (AvgIpc) is 3.32. The minimum absolute atomic E-state index is 1.05. The number of nitrogens with zero attached hydrogens (tertiary/aromatic N) is 1. The molecule has 7 aromatic rings. The second-order valence-electron chi connectivity index (χ2n) is 9.19. The van der Waals surface area contributed by atoms with E-state index in [1.54, 1.807) is 0 Å². The maximum atomic E-state index is 3.66. The smallest absolute Gasteiger partial charge is 0.0482 e. The minimum Gasteiger partial charge on any atom is -0.355 e. The van der Waals surface area contributed by atoms with Crippen molar-refractivity contribution in [1.29, 1.82) is 0 Å². The summed E-state index contributed by atoms with van der Waals surface area (Å²) >= 11 is 1.84. The van der Waals surface area contributed by atoms with Gasteiger partial charge >= 0.3 is 0 Å². The third kappa shape index (κ3) is 4.10. The lowest BCUT2D eigenvalue weighted by atomic mass is 10.1. The normalized spacial score (nSPS) is 11.2. The number of nitrogens with one attached hydrogen (secondary N) is 1. The van der Waals surface area contributed by atoms with Crippen molar-refractivity contribution in [1.82, 2.24) is 0 Å². The van der Waals surface area contributed by atoms with Gasteiger partial charge in [-0.25, -0.2) is 0 Å². The third-order valence-corrected chi connectivity index (χ3v) is 7.93. The molecule has 0 unspecified atom stereocenters. The molecule has 0 bridgehead atoms. The highest BCUT2D eigenvalue weighted by atomic mass is 32.1. The van der Waals surface area contributed by atoms with Crippen molar-refractivity contribution in [2.75, 3.05) is 10.2 Å². The van der Waals surface area contributed by atoms with Crippen molar-refractivity contribution >= 4 is 70.7 Å². The van der Waals surface area contributed by atoms with E-state index in [1.165, 1.54) is 30.9 Å². The molecule has 0 spiro atoms. The van der Waals surface area contributed by atoms with Crippen LogP contribution < -0.4 is 10.2 Å². The fraction of sp³-hybridized carbons (Fsp3) is 0. The van der Waals surface area contributed by atoms with Gasteiger partial charge in [0, 0.05) is 48.6 Å². The first kappa shape index (κ1) is 21.7. The van der Waals surface area contributed by atoms with Crippen LogP contribution in [0.1, 0.15) is 0 Å². The maximum absolute atomic E-state index is 3.66. The zero-order chi connectivity index (χ0) is 24.6. The third-order valence-electron chi connectivity index (χ3n) is 6.78. The Morgan fingerprint density at radius 2 is 1.14 bits per heavy atom. The molecule has 0 radical (unpaired) electrons. The number of hydrogen-bond donors (Lipinski definition) is 1. The van der Waals surface area contributed by atoms with E-state index in [0.29, 0.717) is 0 Å². The number of fused-ring (bicyclic) bond motifs is 4. The van der Waals surface area contributed by atoms with E-state index in [4.69, 9.17) is 0 Å². The van der Waals surface area contributed by atoms with Crippen LogP contribution in [-0.4, -0.2) is 0 Å². The summed E-state index contributed by atoms with van der Waals surface area (Å²) in [6.07, 6.45) is 0. The Bertz CT molecular complexity index is 1870. The predicted octanol–water partition coefficient (Wildman–Crippen LogP) is 10.4. The Morgan fingerprint density at radius 1 is 0.432 bits per heavy atom. The van der Waals surface area contributed by atoms with E-state index in [-0.39, 0.29) is 0 Å². The van der Waals surface area contributed by atoms with Crippen molar-refractivity contribution in [3.8, 4) is 0 Å². The van der Waals surface area contributed by atoms with Crippen LogP contribution >= 0.6 is 11.3 Å². The molecule has 0 saturated carbocycles. The summed E-state index contributed by atoms with van der Waals surface area (Å²) in [6, 6.07) is 49.6. The molecule has 0 amide bonds. The molecule has 1 heterocycles. The number of anilines is 5. The summed E-state index contributed by atoms with van der Waals surface area (Å²) in [4.78, 5) is 2.31. The van der Waals surface area contributed by atoms with Crippen LogP contribution in [0.4, 0.5) is 28.4 Å². The lowest BCUT2D eigenvalue weighted by molar-refractivity contribution is 1.29. The molecule has 0 saturated heterocycles. The van der Waals surface area contributed by atoms with Crippen molar-refractivity contribution in [2.24, 2.45) is 0 Å². The summed E-state index contributed by atoms with van der Waals surface area (Å²) < 4.78 is 2.64. The van der Waals surface area contributed by atoms with Gasteiger partial charge in [-0.2, -0.15) is 0 Å². The van der Waals surface area contributed by atoms with Crippen molar-refractivity contribution in [3.63, 3.8) is 0 Å². The fourth-order valence-electron chi connectivity index (χ4n) is 5.03. The van der Waals surface area contributed by atoms with E-state index < -0.39 is 0 Å². The number of rotatable bonds is 5. The summed E-state index contributed by atoms with van der Waals surface area (Å²) in [6.45, 7) is 0. The molecule has 176 valence electrons. The second-order valence-corrected chi connectivity index (χ2v) is 10.3. The molecular weight excluding hydrogens is 468 g/mol. The number of thiophene rings is 1. The molecule has 0 fully saturated rings. The van der Waals surface area contributed by atoms with Crippen LogP contribution in [0.2, 0.25) is 0 Å². The van der Waals surface area contributed by atoms with Gasteiger partial charge in [-0.1, -0.05) is 72.8 Å². The average molecular weight is 493 g/mol. The number of para-hydroxylation sites is 1. The van der Waals surface area contributed by atoms with E-state index in [9.17, 15) is 0 Å². The molecule has 1 aromatic heterocycles. The molecule has 37 heavy (non-hydrogen) atoms. The number of benzene rings is 6. The Hall–Kier alpha value is -4.60. The SMILES string of the molecule is c1ccc(N(c2cccc(Nc3ccc4sc5ccccc5c4c3)c2)c2ccc3ccccc3c2)cc1. The van der Waals surface area contributed by atoms with Crippen molar-refractivity contribution in [2.45, 2.75) is 0 Å². The van der Waals surface area contributed by atoms with E-state index in [0.717, 1.165) is 28.4 Å². The molecule has 0 aliphatic heterocycles. The molecule has 0 aliphatic carbocycles. The van der Waals surface area contributed by atoms with Gasteiger partial charge in [-0.15, -0.1) is 11.3 Å². The van der Waals surface area contributed by atoms with Gasteiger partial charge in [-0.3, -0.25) is 0 Å². The lowest BCUT2D eigenvalue weighted by Gasteiger charge is -2.26. The molecule has 7 rings (SSSR count). The van der Waals surface area contributed by atoms with E-state index >= 15 is 0 Å². The molecule has 0 atom stereocenters. The Balaban J connectivity index is 1.29. The highest BCUT2D eigenvalue weighted by Crippen LogP contribution is 2.38. The van der Waals surface area contributed by atoms with Gasteiger partial charge < -0.3 is 10.2 Å². The van der Waals surface area contributed by atoms with Crippen LogP contribution in [-0.2, 0) is 0 Å². The highest BCUT2D eigenvalue weighted by molar-refractivity contribution is 7.25. The van der Waals surface area contributed by atoms with Gasteiger partial charge in [0.15, 0.2) is 0 Å². The van der Waals surface area contributed by atoms with Crippen LogP contribution in [0, 0.1) is 0 Å². The first-order valence-electron chi connectivity index (χ1n) is 12.4. The van der Waals surface area contributed by atoms with Crippen LogP contribution in [0.5, 0.6) is 0 Å². The van der Waals surface area contributed by atoms with E-state index in [1.807, 2.05) is 11.3 Å². The molecule has 2 nitrogen and oxygen atoms in total. The topological polar surface area (TPSA) is 15.3 Å². The predicted molar refractivity (Wildman–Crippen MR) is 161 cm³/mol. The first-order chi connectivity index (χ1) is 18.3. The van der Waals surface area contributed by atoms with Crippen LogP contribution in [0.3, 0.4) is 0 Å². The fourth-order valence-corrected chi connectivity index (χ4v) is 6.12. The lowest BCUT2D eigenvalue weighted by Crippen LogP contribution is -2.10. The second kappa shape index (κ2) is 9.12.